The summed E-state index contributed by atoms with van der Waals surface area (Å²) >= 11 is 0. The van der Waals surface area contributed by atoms with Crippen LogP contribution in [0.15, 0.2) is 6.07 Å². The molecular weight excluding hydrogens is 230 g/mol. The van der Waals surface area contributed by atoms with E-state index >= 15 is 0 Å². The number of ether oxygens (including phenoxy) is 1. The van der Waals surface area contributed by atoms with Crippen molar-refractivity contribution in [1.82, 2.24) is 14.9 Å². The lowest BCUT2D eigenvalue weighted by molar-refractivity contribution is 0.0518. The molecule has 0 spiro atoms. The lowest BCUT2D eigenvalue weighted by Crippen LogP contribution is -2.16. The van der Waals surface area contributed by atoms with Gasteiger partial charge in [-0.1, -0.05) is 0 Å². The lowest BCUT2D eigenvalue weighted by atomic mass is 10.2. The molecule has 1 aromatic rings. The number of nitrogens with zero attached hydrogens (tertiary/aromatic N) is 3. The van der Waals surface area contributed by atoms with E-state index in [0.29, 0.717) is 24.8 Å². The van der Waals surface area contributed by atoms with Crippen LogP contribution >= 0.6 is 0 Å². The second-order valence-corrected chi connectivity index (χ2v) is 4.84. The van der Waals surface area contributed by atoms with Crippen LogP contribution in [-0.2, 0) is 11.3 Å². The van der Waals surface area contributed by atoms with Crippen molar-refractivity contribution in [3.8, 4) is 0 Å². The molecular formula is C13H19N3O2. The second kappa shape index (κ2) is 5.44. The predicted molar refractivity (Wildman–Crippen MR) is 67.4 cm³/mol. The topological polar surface area (TPSA) is 55.3 Å². The normalized spacial score (nSPS) is 14.9. The van der Waals surface area contributed by atoms with Crippen LogP contribution in [0.3, 0.4) is 0 Å². The van der Waals surface area contributed by atoms with Crippen LogP contribution in [-0.4, -0.2) is 41.5 Å². The average Bonchev–Trinajstić information content (AvgIpc) is 3.11. The van der Waals surface area contributed by atoms with Gasteiger partial charge in [-0.05, 0) is 39.9 Å². The number of hydrogen-bond acceptors (Lipinski definition) is 5. The zero-order chi connectivity index (χ0) is 13.1. The Bertz CT molecular complexity index is 442. The second-order valence-electron chi connectivity index (χ2n) is 4.84. The molecule has 1 heterocycles. The van der Waals surface area contributed by atoms with Crippen LogP contribution in [0.4, 0.5) is 0 Å². The van der Waals surface area contributed by atoms with Gasteiger partial charge in [-0.2, -0.15) is 0 Å². The Morgan fingerprint density at radius 2 is 2.17 bits per heavy atom. The highest BCUT2D eigenvalue weighted by molar-refractivity contribution is 5.87. The van der Waals surface area contributed by atoms with Crippen LogP contribution in [0.5, 0.6) is 0 Å². The molecule has 0 unspecified atom stereocenters. The average molecular weight is 249 g/mol. The Labute approximate surface area is 107 Å². The third-order valence-electron chi connectivity index (χ3n) is 2.70. The third-order valence-corrected chi connectivity index (χ3v) is 2.70. The Kier molecular flexibility index (Phi) is 3.91. The summed E-state index contributed by atoms with van der Waals surface area (Å²) in [6, 6.07) is 1.73. The highest BCUT2D eigenvalue weighted by atomic mass is 16.5. The van der Waals surface area contributed by atoms with Crippen molar-refractivity contribution < 1.29 is 9.53 Å². The molecule has 1 aliphatic carbocycles. The molecule has 0 aromatic carbocycles. The van der Waals surface area contributed by atoms with E-state index < -0.39 is 0 Å². The minimum absolute atomic E-state index is 0.359. The summed E-state index contributed by atoms with van der Waals surface area (Å²) < 4.78 is 5.00. The zero-order valence-electron chi connectivity index (χ0n) is 11.1. The number of esters is 1. The fraction of sp³-hybridized carbons (Fsp3) is 0.615. The van der Waals surface area contributed by atoms with Crippen molar-refractivity contribution in [2.24, 2.45) is 0 Å². The quantitative estimate of drug-likeness (QED) is 0.742. The van der Waals surface area contributed by atoms with Crippen molar-refractivity contribution in [1.29, 1.82) is 0 Å². The van der Waals surface area contributed by atoms with E-state index in [4.69, 9.17) is 4.74 Å². The highest BCUT2D eigenvalue weighted by Crippen LogP contribution is 2.38. The summed E-state index contributed by atoms with van der Waals surface area (Å²) in [6.07, 6.45) is 2.24. The SMILES string of the molecule is CCOC(=O)c1cc(CN(C)C)nc(C2CC2)n1. The maximum absolute atomic E-state index is 11.8. The smallest absolute Gasteiger partial charge is 0.357 e. The molecule has 18 heavy (non-hydrogen) atoms. The van der Waals surface area contributed by atoms with Gasteiger partial charge in [-0.3, -0.25) is 0 Å². The molecule has 0 radical (unpaired) electrons. The molecule has 0 atom stereocenters. The largest absolute Gasteiger partial charge is 0.461 e. The van der Waals surface area contributed by atoms with Gasteiger partial charge >= 0.3 is 5.97 Å². The molecule has 0 N–H and O–H groups in total. The number of carbonyl (C=O) groups excluding carboxylic acids is 1. The first-order valence-electron chi connectivity index (χ1n) is 6.30. The molecule has 5 heteroatoms. The lowest BCUT2D eigenvalue weighted by Gasteiger charge is -2.11. The number of carbonyl (C=O) groups is 1. The van der Waals surface area contributed by atoms with E-state index in [-0.39, 0.29) is 5.97 Å². The zero-order valence-corrected chi connectivity index (χ0v) is 11.1. The van der Waals surface area contributed by atoms with Crippen molar-refractivity contribution in [2.75, 3.05) is 20.7 Å². The Morgan fingerprint density at radius 3 is 2.72 bits per heavy atom. The van der Waals surface area contributed by atoms with Gasteiger partial charge in [0.25, 0.3) is 0 Å². The number of hydrogen-bond donors (Lipinski definition) is 0. The van der Waals surface area contributed by atoms with Gasteiger partial charge in [0.05, 0.1) is 12.3 Å². The van der Waals surface area contributed by atoms with Crippen LogP contribution in [0.25, 0.3) is 0 Å². The molecule has 1 aliphatic rings. The summed E-state index contributed by atoms with van der Waals surface area (Å²) in [4.78, 5) is 22.6. The molecule has 5 nitrogen and oxygen atoms in total. The van der Waals surface area contributed by atoms with E-state index in [0.717, 1.165) is 24.4 Å². The standard InChI is InChI=1S/C13H19N3O2/c1-4-18-13(17)11-7-10(8-16(2)3)14-12(15-11)9-5-6-9/h7,9H,4-6,8H2,1-3H3. The first-order chi connectivity index (χ1) is 8.60. The van der Waals surface area contributed by atoms with Gasteiger partial charge in [-0.15, -0.1) is 0 Å². The van der Waals surface area contributed by atoms with Gasteiger partial charge in [-0.25, -0.2) is 14.8 Å². The summed E-state index contributed by atoms with van der Waals surface area (Å²) in [5.74, 6) is 0.861. The molecule has 1 fully saturated rings. The summed E-state index contributed by atoms with van der Waals surface area (Å²) in [6.45, 7) is 2.86. The summed E-state index contributed by atoms with van der Waals surface area (Å²) in [5, 5.41) is 0. The van der Waals surface area contributed by atoms with Gasteiger partial charge < -0.3 is 9.64 Å². The highest BCUT2D eigenvalue weighted by Gasteiger charge is 2.28. The van der Waals surface area contributed by atoms with Gasteiger partial charge in [0.1, 0.15) is 5.82 Å². The molecule has 2 rings (SSSR count). The maximum Gasteiger partial charge on any atom is 0.357 e. The van der Waals surface area contributed by atoms with E-state index in [1.54, 1.807) is 13.0 Å². The van der Waals surface area contributed by atoms with Crippen LogP contribution in [0, 0.1) is 0 Å². The predicted octanol–water partition coefficient (Wildman–Crippen LogP) is 1.59. The molecule has 98 valence electrons. The van der Waals surface area contributed by atoms with Crippen LogP contribution < -0.4 is 0 Å². The third kappa shape index (κ3) is 3.26. The first-order valence-corrected chi connectivity index (χ1v) is 6.30. The van der Waals surface area contributed by atoms with E-state index in [2.05, 4.69) is 9.97 Å². The molecule has 0 aliphatic heterocycles. The Morgan fingerprint density at radius 1 is 1.44 bits per heavy atom. The maximum atomic E-state index is 11.8. The van der Waals surface area contributed by atoms with Crippen LogP contribution in [0.1, 0.15) is 47.7 Å². The fourth-order valence-corrected chi connectivity index (χ4v) is 1.76. The summed E-state index contributed by atoms with van der Waals surface area (Å²) in [5.41, 5.74) is 1.26. The van der Waals surface area contributed by atoms with Crippen molar-refractivity contribution in [3.63, 3.8) is 0 Å². The number of aromatic nitrogens is 2. The van der Waals surface area contributed by atoms with Gasteiger partial charge in [0.2, 0.25) is 0 Å². The minimum atomic E-state index is -0.359. The van der Waals surface area contributed by atoms with Gasteiger partial charge in [0.15, 0.2) is 5.69 Å². The van der Waals surface area contributed by atoms with E-state index in [1.807, 2.05) is 19.0 Å². The first kappa shape index (κ1) is 13.0. The number of rotatable bonds is 5. The molecule has 0 bridgehead atoms. The Balaban J connectivity index is 2.27. The fourth-order valence-electron chi connectivity index (χ4n) is 1.76. The van der Waals surface area contributed by atoms with E-state index in [1.165, 1.54) is 0 Å². The molecule has 1 saturated carbocycles. The summed E-state index contributed by atoms with van der Waals surface area (Å²) in [7, 11) is 3.95. The molecule has 0 saturated heterocycles. The van der Waals surface area contributed by atoms with Crippen LogP contribution in [0.2, 0.25) is 0 Å². The van der Waals surface area contributed by atoms with Gasteiger partial charge in [0, 0.05) is 12.5 Å². The molecule has 0 amide bonds. The van der Waals surface area contributed by atoms with Crippen molar-refractivity contribution in [2.45, 2.75) is 32.2 Å². The minimum Gasteiger partial charge on any atom is -0.461 e. The van der Waals surface area contributed by atoms with E-state index in [9.17, 15) is 4.79 Å². The van der Waals surface area contributed by atoms with Crippen molar-refractivity contribution in [3.05, 3.63) is 23.3 Å². The molecule has 1 aromatic heterocycles. The van der Waals surface area contributed by atoms with Crippen molar-refractivity contribution >= 4 is 5.97 Å². The monoisotopic (exact) mass is 249 g/mol. The Hall–Kier alpha value is -1.49.